The number of hydrogen-bond donors (Lipinski definition) is 1. The highest BCUT2D eigenvalue weighted by Crippen LogP contribution is 2.31. The molecule has 2 nitrogen and oxygen atoms in total. The minimum atomic E-state index is -0.224. The van der Waals surface area contributed by atoms with E-state index in [0.717, 1.165) is 24.2 Å². The van der Waals surface area contributed by atoms with Crippen molar-refractivity contribution in [2.45, 2.75) is 52.9 Å². The molecule has 1 amide bonds. The number of halogens is 1. The molecule has 0 radical (unpaired) electrons. The van der Waals surface area contributed by atoms with Gasteiger partial charge in [-0.25, -0.2) is 0 Å². The van der Waals surface area contributed by atoms with Crippen molar-refractivity contribution in [1.29, 1.82) is 0 Å². The maximum atomic E-state index is 12.0. The fourth-order valence-corrected chi connectivity index (χ4v) is 3.23. The first-order valence-electron chi connectivity index (χ1n) is 6.85. The van der Waals surface area contributed by atoms with Gasteiger partial charge in [0.15, 0.2) is 0 Å². The minimum absolute atomic E-state index is 0.207. The lowest BCUT2D eigenvalue weighted by Crippen LogP contribution is -2.41. The van der Waals surface area contributed by atoms with Crippen molar-refractivity contribution >= 4 is 21.8 Å². The third-order valence-corrected chi connectivity index (χ3v) is 5.12. The Morgan fingerprint density at radius 1 is 1.29 bits per heavy atom. The van der Waals surface area contributed by atoms with E-state index in [1.54, 1.807) is 0 Å². The minimum Gasteiger partial charge on any atom is -0.355 e. The maximum Gasteiger partial charge on any atom is 0.225 e. The second-order valence-corrected chi connectivity index (χ2v) is 6.55. The van der Waals surface area contributed by atoms with Crippen LogP contribution >= 0.6 is 15.9 Å². The van der Waals surface area contributed by atoms with Gasteiger partial charge in [0, 0.05) is 17.3 Å². The summed E-state index contributed by atoms with van der Waals surface area (Å²) in [5.74, 6) is 1.62. The summed E-state index contributed by atoms with van der Waals surface area (Å²) in [6.07, 6.45) is 6.14. The average molecular weight is 304 g/mol. The van der Waals surface area contributed by atoms with Gasteiger partial charge in [0.1, 0.15) is 0 Å². The van der Waals surface area contributed by atoms with Gasteiger partial charge >= 0.3 is 0 Å². The molecule has 2 atom stereocenters. The Bertz CT molecular complexity index is 253. The van der Waals surface area contributed by atoms with Gasteiger partial charge in [-0.1, -0.05) is 49.5 Å². The van der Waals surface area contributed by atoms with Crippen molar-refractivity contribution in [3.8, 4) is 0 Å². The Morgan fingerprint density at radius 3 is 2.41 bits per heavy atom. The molecule has 2 unspecified atom stereocenters. The van der Waals surface area contributed by atoms with E-state index in [2.05, 4.69) is 28.2 Å². The van der Waals surface area contributed by atoms with Crippen LogP contribution in [0.4, 0.5) is 0 Å². The molecule has 1 fully saturated rings. The quantitative estimate of drug-likeness (QED) is 0.770. The zero-order valence-electron chi connectivity index (χ0n) is 11.4. The highest BCUT2D eigenvalue weighted by Gasteiger charge is 2.28. The second kappa shape index (κ2) is 6.77. The van der Waals surface area contributed by atoms with Crippen LogP contribution in [0.3, 0.4) is 0 Å². The lowest BCUT2D eigenvalue weighted by atomic mass is 9.80. The van der Waals surface area contributed by atoms with Gasteiger partial charge in [-0.05, 0) is 31.1 Å². The van der Waals surface area contributed by atoms with E-state index < -0.39 is 0 Å². The summed E-state index contributed by atoms with van der Waals surface area (Å²) in [6, 6.07) is 0. The normalized spacial score (nSPS) is 25.6. The molecule has 0 bridgehead atoms. The van der Waals surface area contributed by atoms with Gasteiger partial charge in [-0.2, -0.15) is 0 Å². The maximum absolute atomic E-state index is 12.0. The number of carbonyl (C=O) groups is 1. The molecular weight excluding hydrogens is 278 g/mol. The van der Waals surface area contributed by atoms with E-state index in [9.17, 15) is 4.79 Å². The third-order valence-electron chi connectivity index (χ3n) is 4.29. The summed E-state index contributed by atoms with van der Waals surface area (Å²) >= 11 is 3.60. The molecule has 0 aromatic carbocycles. The fraction of sp³-hybridized carbons (Fsp3) is 0.929. The summed E-state index contributed by atoms with van der Waals surface area (Å²) < 4.78 is 0. The van der Waals surface area contributed by atoms with Crippen molar-refractivity contribution in [3.05, 3.63) is 0 Å². The first-order chi connectivity index (χ1) is 8.01. The summed E-state index contributed by atoms with van der Waals surface area (Å²) in [4.78, 5) is 12.0. The number of carbonyl (C=O) groups excluding carboxylic acids is 1. The number of alkyl halides is 1. The molecule has 0 aromatic rings. The second-order valence-electron chi connectivity index (χ2n) is 5.91. The van der Waals surface area contributed by atoms with Gasteiger partial charge in [0.05, 0.1) is 0 Å². The molecule has 1 rings (SSSR count). The van der Waals surface area contributed by atoms with Crippen LogP contribution in [0, 0.1) is 17.3 Å². The van der Waals surface area contributed by atoms with E-state index in [-0.39, 0.29) is 11.3 Å². The summed E-state index contributed by atoms with van der Waals surface area (Å²) in [7, 11) is 0. The van der Waals surface area contributed by atoms with E-state index in [0.29, 0.717) is 5.92 Å². The molecule has 3 heteroatoms. The van der Waals surface area contributed by atoms with Gasteiger partial charge in [-0.15, -0.1) is 0 Å². The van der Waals surface area contributed by atoms with Crippen LogP contribution in [0.25, 0.3) is 0 Å². The summed E-state index contributed by atoms with van der Waals surface area (Å²) in [6.45, 7) is 6.97. The Kier molecular flexibility index (Phi) is 5.98. The van der Waals surface area contributed by atoms with Gasteiger partial charge in [0.25, 0.3) is 0 Å². The van der Waals surface area contributed by atoms with Crippen LogP contribution in [0.15, 0.2) is 0 Å². The van der Waals surface area contributed by atoms with Crippen molar-refractivity contribution in [2.24, 2.45) is 17.3 Å². The van der Waals surface area contributed by atoms with E-state index in [1.807, 2.05) is 13.8 Å². The predicted octanol–water partition coefficient (Wildman–Crippen LogP) is 3.74. The fourth-order valence-electron chi connectivity index (χ4n) is 2.38. The predicted molar refractivity (Wildman–Crippen MR) is 76.3 cm³/mol. The highest BCUT2D eigenvalue weighted by atomic mass is 79.9. The molecule has 17 heavy (non-hydrogen) atoms. The molecule has 1 saturated carbocycles. The average Bonchev–Trinajstić information content (AvgIpc) is 2.36. The number of rotatable bonds is 5. The van der Waals surface area contributed by atoms with E-state index >= 15 is 0 Å². The van der Waals surface area contributed by atoms with Crippen LogP contribution in [0.2, 0.25) is 0 Å². The lowest BCUT2D eigenvalue weighted by molar-refractivity contribution is -0.129. The SMILES string of the molecule is CCC(C)(C)C(=O)NCC1CCCCC1CBr. The van der Waals surface area contributed by atoms with Crippen LogP contribution in [0.5, 0.6) is 0 Å². The molecule has 1 N–H and O–H groups in total. The molecular formula is C14H26BrNO. The Labute approximate surface area is 114 Å². The summed E-state index contributed by atoms with van der Waals surface area (Å²) in [5, 5.41) is 4.22. The van der Waals surface area contributed by atoms with Crippen LogP contribution in [-0.4, -0.2) is 17.8 Å². The Hall–Kier alpha value is -0.0500. The zero-order chi connectivity index (χ0) is 12.9. The van der Waals surface area contributed by atoms with E-state index in [4.69, 9.17) is 0 Å². The molecule has 1 aliphatic rings. The van der Waals surface area contributed by atoms with E-state index in [1.165, 1.54) is 25.7 Å². The number of nitrogens with one attached hydrogen (secondary N) is 1. The standard InChI is InChI=1S/C14H26BrNO/c1-4-14(2,3)13(17)16-10-12-8-6-5-7-11(12)9-15/h11-12H,4-10H2,1-3H3,(H,16,17). The molecule has 0 aliphatic heterocycles. The monoisotopic (exact) mass is 303 g/mol. The Balaban J connectivity index is 2.41. The summed E-state index contributed by atoms with van der Waals surface area (Å²) in [5.41, 5.74) is -0.224. The molecule has 1 aliphatic carbocycles. The van der Waals surface area contributed by atoms with Gasteiger partial charge in [0.2, 0.25) is 5.91 Å². The molecule has 0 heterocycles. The Morgan fingerprint density at radius 2 is 1.88 bits per heavy atom. The molecule has 0 saturated heterocycles. The van der Waals surface area contributed by atoms with Crippen molar-refractivity contribution in [2.75, 3.05) is 11.9 Å². The van der Waals surface area contributed by atoms with Crippen molar-refractivity contribution < 1.29 is 4.79 Å². The van der Waals surface area contributed by atoms with Crippen LogP contribution < -0.4 is 5.32 Å². The van der Waals surface area contributed by atoms with Crippen LogP contribution in [0.1, 0.15) is 52.9 Å². The third kappa shape index (κ3) is 4.27. The largest absolute Gasteiger partial charge is 0.355 e. The number of hydrogen-bond acceptors (Lipinski definition) is 1. The highest BCUT2D eigenvalue weighted by molar-refractivity contribution is 9.09. The molecule has 0 spiro atoms. The molecule has 0 aromatic heterocycles. The first kappa shape index (κ1) is 15.0. The lowest BCUT2D eigenvalue weighted by Gasteiger charge is -2.31. The van der Waals surface area contributed by atoms with Crippen molar-refractivity contribution in [1.82, 2.24) is 5.32 Å². The van der Waals surface area contributed by atoms with Gasteiger partial charge in [-0.3, -0.25) is 4.79 Å². The molecule has 100 valence electrons. The van der Waals surface area contributed by atoms with Crippen LogP contribution in [-0.2, 0) is 4.79 Å². The first-order valence-corrected chi connectivity index (χ1v) is 7.97. The smallest absolute Gasteiger partial charge is 0.225 e. The zero-order valence-corrected chi connectivity index (χ0v) is 13.0. The topological polar surface area (TPSA) is 29.1 Å². The number of amides is 1. The van der Waals surface area contributed by atoms with Gasteiger partial charge < -0.3 is 5.32 Å². The van der Waals surface area contributed by atoms with Crippen molar-refractivity contribution in [3.63, 3.8) is 0 Å².